The number of para-hydroxylation sites is 1. The molecule has 2 aromatic carbocycles. The van der Waals surface area contributed by atoms with Gasteiger partial charge in [0.05, 0.1) is 23.0 Å². The average Bonchev–Trinajstić information content (AvgIpc) is 3.24. The largest absolute Gasteiger partial charge is 0.482 e. The molecule has 0 saturated carbocycles. The van der Waals surface area contributed by atoms with Crippen molar-refractivity contribution in [2.75, 3.05) is 37.1 Å². The van der Waals surface area contributed by atoms with Crippen LogP contribution < -0.4 is 15.0 Å². The Kier molecular flexibility index (Phi) is 6.29. The van der Waals surface area contributed by atoms with Crippen LogP contribution in [0.1, 0.15) is 10.6 Å². The number of thiazole rings is 1. The molecule has 0 bridgehead atoms. The van der Waals surface area contributed by atoms with Gasteiger partial charge in [-0.05, 0) is 36.8 Å². The van der Waals surface area contributed by atoms with Gasteiger partial charge < -0.3 is 14.8 Å². The number of benzene rings is 2. The number of ether oxygens (including phenoxy) is 2. The number of rotatable bonds is 7. The Bertz CT molecular complexity index is 1110. The first-order chi connectivity index (χ1) is 15.0. The molecule has 8 heteroatoms. The number of aryl methyl sites for hydroxylation is 1. The Morgan fingerprint density at radius 2 is 2.13 bits per heavy atom. The van der Waals surface area contributed by atoms with E-state index < -0.39 is 0 Å². The molecule has 4 rings (SSSR count). The van der Waals surface area contributed by atoms with Crippen LogP contribution in [0, 0.1) is 6.92 Å². The van der Waals surface area contributed by atoms with Crippen LogP contribution in [-0.4, -0.2) is 43.7 Å². The van der Waals surface area contributed by atoms with Gasteiger partial charge in [-0.1, -0.05) is 18.2 Å². The highest BCUT2D eigenvalue weighted by Gasteiger charge is 2.28. The molecule has 0 spiro atoms. The molecule has 0 radical (unpaired) electrons. The highest BCUT2D eigenvalue weighted by Crippen LogP contribution is 2.36. The average molecular weight is 438 g/mol. The van der Waals surface area contributed by atoms with Crippen LogP contribution in [-0.2, 0) is 20.7 Å². The van der Waals surface area contributed by atoms with Crippen LogP contribution in [0.4, 0.5) is 11.4 Å². The third kappa shape index (κ3) is 4.76. The summed E-state index contributed by atoms with van der Waals surface area (Å²) in [5.41, 5.74) is 3.94. The summed E-state index contributed by atoms with van der Waals surface area (Å²) in [5, 5.41) is 5.84. The van der Waals surface area contributed by atoms with Crippen LogP contribution in [0.3, 0.4) is 0 Å². The lowest BCUT2D eigenvalue weighted by atomic mass is 10.1. The number of nitrogens with zero attached hydrogens (tertiary/aromatic N) is 2. The number of aromatic nitrogens is 1. The number of carbonyl (C=O) groups excluding carboxylic acids is 2. The van der Waals surface area contributed by atoms with E-state index in [4.69, 9.17) is 9.47 Å². The Hall–Kier alpha value is -3.23. The second-order valence-electron chi connectivity index (χ2n) is 7.18. The lowest BCUT2D eigenvalue weighted by Crippen LogP contribution is -2.43. The fraction of sp³-hybridized carbons (Fsp3) is 0.261. The summed E-state index contributed by atoms with van der Waals surface area (Å²) in [6.07, 6.45) is 0.749. The van der Waals surface area contributed by atoms with Gasteiger partial charge in [0.25, 0.3) is 5.91 Å². The molecule has 0 aliphatic carbocycles. The molecule has 1 aliphatic rings. The number of anilines is 2. The minimum Gasteiger partial charge on any atom is -0.482 e. The maximum absolute atomic E-state index is 12.7. The summed E-state index contributed by atoms with van der Waals surface area (Å²) in [6.45, 7) is 2.35. The minimum atomic E-state index is -0.267. The van der Waals surface area contributed by atoms with E-state index in [0.29, 0.717) is 18.0 Å². The van der Waals surface area contributed by atoms with E-state index >= 15 is 0 Å². The zero-order chi connectivity index (χ0) is 21.8. The molecule has 160 valence electrons. The third-order valence-corrected chi connectivity index (χ3v) is 5.90. The van der Waals surface area contributed by atoms with Crippen molar-refractivity contribution < 1.29 is 19.1 Å². The monoisotopic (exact) mass is 437 g/mol. The second-order valence-corrected chi connectivity index (χ2v) is 8.13. The van der Waals surface area contributed by atoms with Crippen molar-refractivity contribution in [1.82, 2.24) is 4.98 Å². The molecule has 1 N–H and O–H groups in total. The van der Waals surface area contributed by atoms with E-state index in [1.165, 1.54) is 4.90 Å². The van der Waals surface area contributed by atoms with Crippen molar-refractivity contribution in [3.8, 4) is 17.0 Å². The smallest absolute Gasteiger partial charge is 0.265 e. The molecule has 7 nitrogen and oxygen atoms in total. The van der Waals surface area contributed by atoms with E-state index in [2.05, 4.69) is 10.3 Å². The van der Waals surface area contributed by atoms with Crippen LogP contribution >= 0.6 is 11.3 Å². The standard InChI is InChI=1S/C23H23N3O4S/c1-15-5-3-4-6-17(15)24-21(27)12-26-19-11-16(7-8-20(19)30-13-23(26)28)18-14-31-22(25-18)9-10-29-2/h3-8,11,14H,9-10,12-13H2,1-2H3,(H,24,27). The van der Waals surface area contributed by atoms with E-state index in [1.54, 1.807) is 18.4 Å². The van der Waals surface area contributed by atoms with Gasteiger partial charge in [-0.2, -0.15) is 0 Å². The lowest BCUT2D eigenvalue weighted by molar-refractivity contribution is -0.123. The normalized spacial score (nSPS) is 13.0. The fourth-order valence-electron chi connectivity index (χ4n) is 3.33. The highest BCUT2D eigenvalue weighted by molar-refractivity contribution is 7.09. The van der Waals surface area contributed by atoms with E-state index in [9.17, 15) is 9.59 Å². The Morgan fingerprint density at radius 3 is 2.94 bits per heavy atom. The highest BCUT2D eigenvalue weighted by atomic mass is 32.1. The Balaban J connectivity index is 1.56. The Morgan fingerprint density at radius 1 is 1.29 bits per heavy atom. The molecule has 1 aromatic heterocycles. The number of hydrogen-bond acceptors (Lipinski definition) is 6. The van der Waals surface area contributed by atoms with Crippen molar-refractivity contribution in [3.63, 3.8) is 0 Å². The van der Waals surface area contributed by atoms with Crippen molar-refractivity contribution in [2.24, 2.45) is 0 Å². The van der Waals surface area contributed by atoms with Gasteiger partial charge in [0.2, 0.25) is 5.91 Å². The third-order valence-electron chi connectivity index (χ3n) is 4.99. The predicted molar refractivity (Wildman–Crippen MR) is 121 cm³/mol. The van der Waals surface area contributed by atoms with Gasteiger partial charge in [0.15, 0.2) is 6.61 Å². The van der Waals surface area contributed by atoms with Crippen LogP contribution in [0.25, 0.3) is 11.3 Å². The number of amides is 2. The number of fused-ring (bicyclic) bond motifs is 1. The molecule has 0 unspecified atom stereocenters. The second kappa shape index (κ2) is 9.28. The van der Waals surface area contributed by atoms with Gasteiger partial charge in [-0.15, -0.1) is 11.3 Å². The summed E-state index contributed by atoms with van der Waals surface area (Å²) >= 11 is 1.57. The van der Waals surface area contributed by atoms with Gasteiger partial charge in [-0.3, -0.25) is 14.5 Å². The molecular formula is C23H23N3O4S. The summed E-state index contributed by atoms with van der Waals surface area (Å²) in [7, 11) is 1.67. The lowest BCUT2D eigenvalue weighted by Gasteiger charge is -2.29. The van der Waals surface area contributed by atoms with Gasteiger partial charge in [0.1, 0.15) is 12.3 Å². The number of carbonyl (C=O) groups is 2. The summed E-state index contributed by atoms with van der Waals surface area (Å²) in [4.78, 5) is 31.4. The maximum Gasteiger partial charge on any atom is 0.265 e. The molecule has 0 fully saturated rings. The van der Waals surface area contributed by atoms with Crippen molar-refractivity contribution >= 4 is 34.5 Å². The Labute approximate surface area is 184 Å². The van der Waals surface area contributed by atoms with E-state index in [0.717, 1.165) is 33.9 Å². The number of nitrogens with one attached hydrogen (secondary N) is 1. The molecule has 0 saturated heterocycles. The molecular weight excluding hydrogens is 414 g/mol. The van der Waals surface area contributed by atoms with Gasteiger partial charge >= 0.3 is 0 Å². The van der Waals surface area contributed by atoms with Crippen molar-refractivity contribution in [1.29, 1.82) is 0 Å². The molecule has 2 amide bonds. The van der Waals surface area contributed by atoms with Crippen LogP contribution in [0.15, 0.2) is 47.8 Å². The van der Waals surface area contributed by atoms with Crippen LogP contribution in [0.5, 0.6) is 5.75 Å². The maximum atomic E-state index is 12.7. The molecule has 2 heterocycles. The number of hydrogen-bond donors (Lipinski definition) is 1. The first-order valence-electron chi connectivity index (χ1n) is 9.91. The first kappa shape index (κ1) is 21.0. The van der Waals surface area contributed by atoms with Crippen LogP contribution in [0.2, 0.25) is 0 Å². The van der Waals surface area contributed by atoms with Gasteiger partial charge in [0, 0.05) is 30.2 Å². The van der Waals surface area contributed by atoms with Crippen molar-refractivity contribution in [2.45, 2.75) is 13.3 Å². The molecule has 3 aromatic rings. The van der Waals surface area contributed by atoms with Crippen molar-refractivity contribution in [3.05, 3.63) is 58.4 Å². The van der Waals surface area contributed by atoms with Gasteiger partial charge in [-0.25, -0.2) is 4.98 Å². The predicted octanol–water partition coefficient (Wildman–Crippen LogP) is 3.67. The number of methoxy groups -OCH3 is 1. The summed E-state index contributed by atoms with van der Waals surface area (Å²) in [5.74, 6) is 0.0435. The van der Waals surface area contributed by atoms with E-state index in [1.807, 2.05) is 54.8 Å². The van der Waals surface area contributed by atoms with E-state index in [-0.39, 0.29) is 25.0 Å². The summed E-state index contributed by atoms with van der Waals surface area (Å²) < 4.78 is 10.7. The molecule has 0 atom stereocenters. The minimum absolute atomic E-state index is 0.0941. The zero-order valence-corrected chi connectivity index (χ0v) is 18.2. The SMILES string of the molecule is COCCc1nc(-c2ccc3c(c2)N(CC(=O)Nc2ccccc2C)C(=O)CO3)cs1. The topological polar surface area (TPSA) is 80.8 Å². The zero-order valence-electron chi connectivity index (χ0n) is 17.4. The molecule has 31 heavy (non-hydrogen) atoms. The first-order valence-corrected chi connectivity index (χ1v) is 10.8. The quantitative estimate of drug-likeness (QED) is 0.610. The fourth-order valence-corrected chi connectivity index (χ4v) is 4.12. The summed E-state index contributed by atoms with van der Waals surface area (Å²) in [6, 6.07) is 13.1. The molecule has 1 aliphatic heterocycles.